The van der Waals surface area contributed by atoms with Crippen molar-refractivity contribution in [3.8, 4) is 0 Å². The molecular weight excluding hydrogens is 346 g/mol. The van der Waals surface area contributed by atoms with Crippen LogP contribution in [-0.2, 0) is 0 Å². The minimum atomic E-state index is 0. The quantitative estimate of drug-likeness (QED) is 0.145. The summed E-state index contributed by atoms with van der Waals surface area (Å²) in [5.74, 6) is 0. The predicted molar refractivity (Wildman–Crippen MR) is 131 cm³/mol. The molecular formula is C25H55NS. The average Bonchev–Trinajstić information content (AvgIpc) is 2.64. The summed E-state index contributed by atoms with van der Waals surface area (Å²) < 4.78 is 0.334. The Hall–Kier alpha value is 0.310. The van der Waals surface area contributed by atoms with E-state index in [0.717, 1.165) is 0 Å². The first kappa shape index (κ1) is 29.5. The maximum absolute atomic E-state index is 5.25. The molecule has 0 aliphatic heterocycles. The van der Waals surface area contributed by atoms with Crippen LogP contribution in [0, 0.1) is 0 Å². The van der Waals surface area contributed by atoms with Crippen LogP contribution in [0.5, 0.6) is 0 Å². The van der Waals surface area contributed by atoms with E-state index in [9.17, 15) is 0 Å². The van der Waals surface area contributed by atoms with Gasteiger partial charge in [-0.2, -0.15) is 12.6 Å². The van der Waals surface area contributed by atoms with Gasteiger partial charge in [0.2, 0.25) is 0 Å². The Morgan fingerprint density at radius 1 is 0.407 bits per heavy atom. The zero-order chi connectivity index (χ0) is 19.3. The monoisotopic (exact) mass is 401 g/mol. The molecule has 27 heavy (non-hydrogen) atoms. The molecule has 3 N–H and O–H groups in total. The van der Waals surface area contributed by atoms with Gasteiger partial charge in [-0.1, -0.05) is 136 Å². The molecule has 0 saturated carbocycles. The lowest BCUT2D eigenvalue weighted by Gasteiger charge is -2.29. The molecule has 0 amide bonds. The van der Waals surface area contributed by atoms with E-state index >= 15 is 0 Å². The van der Waals surface area contributed by atoms with Gasteiger partial charge in [0.05, 0.1) is 0 Å². The molecule has 0 heterocycles. The van der Waals surface area contributed by atoms with E-state index in [2.05, 4.69) is 20.8 Å². The smallest absolute Gasteiger partial charge is 0.0130 e. The third kappa shape index (κ3) is 20.8. The van der Waals surface area contributed by atoms with Gasteiger partial charge in [0.1, 0.15) is 0 Å². The molecule has 0 aromatic rings. The largest absolute Gasteiger partial charge is 0.344 e. The fourth-order valence-corrected chi connectivity index (χ4v) is 4.55. The van der Waals surface area contributed by atoms with Gasteiger partial charge in [-0.05, 0) is 19.3 Å². The summed E-state index contributed by atoms with van der Waals surface area (Å²) in [5, 5.41) is 0. The van der Waals surface area contributed by atoms with Gasteiger partial charge in [0.25, 0.3) is 0 Å². The van der Waals surface area contributed by atoms with Crippen LogP contribution in [0.4, 0.5) is 0 Å². The molecule has 0 aliphatic rings. The third-order valence-corrected chi connectivity index (χ3v) is 6.66. The Balaban J connectivity index is 0. The van der Waals surface area contributed by atoms with E-state index in [1.54, 1.807) is 0 Å². The molecule has 166 valence electrons. The highest BCUT2D eigenvalue weighted by Crippen LogP contribution is 2.34. The Labute approximate surface area is 179 Å². The van der Waals surface area contributed by atoms with Crippen molar-refractivity contribution in [2.24, 2.45) is 0 Å². The van der Waals surface area contributed by atoms with E-state index in [4.69, 9.17) is 12.6 Å². The zero-order valence-electron chi connectivity index (χ0n) is 19.5. The minimum Gasteiger partial charge on any atom is -0.344 e. The van der Waals surface area contributed by atoms with Crippen molar-refractivity contribution < 1.29 is 0 Å². The lowest BCUT2D eigenvalue weighted by molar-refractivity contribution is 0.406. The second kappa shape index (κ2) is 22.6. The second-order valence-electron chi connectivity index (χ2n) is 8.78. The molecule has 0 atom stereocenters. The number of rotatable bonds is 21. The van der Waals surface area contributed by atoms with Crippen LogP contribution >= 0.6 is 12.6 Å². The van der Waals surface area contributed by atoms with Crippen LogP contribution in [0.25, 0.3) is 0 Å². The minimum absolute atomic E-state index is 0. The first-order valence-corrected chi connectivity index (χ1v) is 12.9. The first-order valence-electron chi connectivity index (χ1n) is 12.4. The van der Waals surface area contributed by atoms with Gasteiger partial charge in [-0.15, -0.1) is 0 Å². The SMILES string of the molecule is CCCCCCCCC(S)(CCCCCCCC)CCCCCCCC.N. The molecule has 0 unspecified atom stereocenters. The van der Waals surface area contributed by atoms with Crippen molar-refractivity contribution >= 4 is 12.6 Å². The van der Waals surface area contributed by atoms with Crippen molar-refractivity contribution in [3.63, 3.8) is 0 Å². The first-order chi connectivity index (χ1) is 12.7. The Morgan fingerprint density at radius 2 is 0.630 bits per heavy atom. The molecule has 2 heteroatoms. The van der Waals surface area contributed by atoms with E-state index in [-0.39, 0.29) is 6.15 Å². The normalized spacial score (nSPS) is 11.6. The predicted octanol–water partition coefficient (Wildman–Crippen LogP) is 10.1. The highest BCUT2D eigenvalue weighted by atomic mass is 32.1. The molecule has 0 saturated heterocycles. The topological polar surface area (TPSA) is 35.0 Å². The fourth-order valence-electron chi connectivity index (χ4n) is 4.08. The third-order valence-electron chi connectivity index (χ3n) is 5.99. The van der Waals surface area contributed by atoms with E-state index in [0.29, 0.717) is 4.75 Å². The summed E-state index contributed by atoms with van der Waals surface area (Å²) in [4.78, 5) is 0. The van der Waals surface area contributed by atoms with Crippen molar-refractivity contribution in [2.75, 3.05) is 0 Å². The summed E-state index contributed by atoms with van der Waals surface area (Å²) in [7, 11) is 0. The van der Waals surface area contributed by atoms with Crippen LogP contribution in [0.2, 0.25) is 0 Å². The second-order valence-corrected chi connectivity index (χ2v) is 9.73. The number of thiol groups is 1. The molecule has 0 aromatic carbocycles. The number of hydrogen-bond donors (Lipinski definition) is 2. The summed E-state index contributed by atoms with van der Waals surface area (Å²) in [6.07, 6.45) is 29.5. The van der Waals surface area contributed by atoms with Crippen LogP contribution < -0.4 is 6.15 Å². The molecule has 0 aromatic heterocycles. The van der Waals surface area contributed by atoms with Crippen LogP contribution in [0.1, 0.15) is 156 Å². The molecule has 0 spiro atoms. The summed E-state index contributed by atoms with van der Waals surface area (Å²) in [6.45, 7) is 6.92. The molecule has 1 nitrogen and oxygen atoms in total. The average molecular weight is 402 g/mol. The van der Waals surface area contributed by atoms with Crippen LogP contribution in [-0.4, -0.2) is 4.75 Å². The zero-order valence-corrected chi connectivity index (χ0v) is 20.4. The standard InChI is InChI=1S/C25H52S.H3N/c1-4-7-10-13-16-19-22-25(26,23-20-17-14-11-8-5-2)24-21-18-15-12-9-6-3;/h26H,4-24H2,1-3H3;1H3. The fraction of sp³-hybridized carbons (Fsp3) is 1.00. The Morgan fingerprint density at radius 3 is 0.889 bits per heavy atom. The Kier molecular flexibility index (Phi) is 24.7. The van der Waals surface area contributed by atoms with Crippen molar-refractivity contribution in [1.82, 2.24) is 6.15 Å². The van der Waals surface area contributed by atoms with Gasteiger partial charge in [-0.25, -0.2) is 0 Å². The molecule has 0 aliphatic carbocycles. The number of unbranched alkanes of at least 4 members (excludes halogenated alkanes) is 15. The van der Waals surface area contributed by atoms with E-state index in [1.165, 1.54) is 135 Å². The highest BCUT2D eigenvalue weighted by Gasteiger charge is 2.23. The van der Waals surface area contributed by atoms with E-state index < -0.39 is 0 Å². The molecule has 0 rings (SSSR count). The van der Waals surface area contributed by atoms with Gasteiger partial charge in [0.15, 0.2) is 0 Å². The highest BCUT2D eigenvalue weighted by molar-refractivity contribution is 7.81. The van der Waals surface area contributed by atoms with Crippen LogP contribution in [0.3, 0.4) is 0 Å². The maximum Gasteiger partial charge on any atom is 0.0130 e. The Bertz CT molecular complexity index is 226. The summed E-state index contributed by atoms with van der Waals surface area (Å²) >= 11 is 5.25. The lowest BCUT2D eigenvalue weighted by atomic mass is 9.88. The van der Waals surface area contributed by atoms with Gasteiger partial charge in [0, 0.05) is 4.75 Å². The number of hydrogen-bond acceptors (Lipinski definition) is 2. The maximum atomic E-state index is 5.25. The van der Waals surface area contributed by atoms with Crippen molar-refractivity contribution in [3.05, 3.63) is 0 Å². The van der Waals surface area contributed by atoms with Crippen molar-refractivity contribution in [1.29, 1.82) is 0 Å². The summed E-state index contributed by atoms with van der Waals surface area (Å²) in [5.41, 5.74) is 0. The van der Waals surface area contributed by atoms with Crippen LogP contribution in [0.15, 0.2) is 0 Å². The molecule has 0 bridgehead atoms. The summed E-state index contributed by atoms with van der Waals surface area (Å²) in [6, 6.07) is 0. The molecule has 0 radical (unpaired) electrons. The van der Waals surface area contributed by atoms with Crippen molar-refractivity contribution in [2.45, 2.75) is 160 Å². The van der Waals surface area contributed by atoms with Gasteiger partial charge in [-0.3, -0.25) is 0 Å². The van der Waals surface area contributed by atoms with Gasteiger partial charge < -0.3 is 6.15 Å². The van der Waals surface area contributed by atoms with E-state index in [1.807, 2.05) is 0 Å². The molecule has 0 fully saturated rings. The lowest BCUT2D eigenvalue weighted by Crippen LogP contribution is -2.21. The van der Waals surface area contributed by atoms with Gasteiger partial charge >= 0.3 is 0 Å².